The van der Waals surface area contributed by atoms with E-state index in [1.807, 2.05) is 6.92 Å². The summed E-state index contributed by atoms with van der Waals surface area (Å²) in [6, 6.07) is 14.8. The minimum atomic E-state index is -4.58. The molecule has 3 rings (SSSR count). The van der Waals surface area contributed by atoms with Crippen LogP contribution in [0.1, 0.15) is 16.4 Å². The number of alkyl halides is 3. The molecule has 1 saturated heterocycles. The highest BCUT2D eigenvalue weighted by Crippen LogP contribution is 2.54. The van der Waals surface area contributed by atoms with Crippen molar-refractivity contribution in [1.29, 1.82) is 0 Å². The summed E-state index contributed by atoms with van der Waals surface area (Å²) in [5, 5.41) is -1.29. The van der Waals surface area contributed by atoms with E-state index < -0.39 is 34.4 Å². The molecule has 122 valence electrons. The first kappa shape index (κ1) is 16.2. The molecule has 0 aromatic heterocycles. The lowest BCUT2D eigenvalue weighted by molar-refractivity contribution is -0.184. The van der Waals surface area contributed by atoms with E-state index in [4.69, 9.17) is 4.74 Å². The van der Waals surface area contributed by atoms with Gasteiger partial charge in [-0.3, -0.25) is 4.21 Å². The van der Waals surface area contributed by atoms with Crippen molar-refractivity contribution in [3.8, 4) is 0 Å². The van der Waals surface area contributed by atoms with Crippen LogP contribution in [-0.4, -0.2) is 22.6 Å². The van der Waals surface area contributed by atoms with Crippen molar-refractivity contribution in [2.75, 3.05) is 6.61 Å². The largest absolute Gasteiger partial charge is 0.421 e. The lowest BCUT2D eigenvalue weighted by Crippen LogP contribution is -2.40. The van der Waals surface area contributed by atoms with Gasteiger partial charge in [-0.15, -0.1) is 0 Å². The number of halogens is 3. The van der Waals surface area contributed by atoms with Gasteiger partial charge in [0.15, 0.2) is 0 Å². The van der Waals surface area contributed by atoms with Gasteiger partial charge in [-0.2, -0.15) is 13.2 Å². The van der Waals surface area contributed by atoms with Crippen molar-refractivity contribution >= 4 is 10.8 Å². The molecule has 0 radical (unpaired) electrons. The van der Waals surface area contributed by atoms with Crippen LogP contribution in [-0.2, 0) is 15.5 Å². The number of aryl methyl sites for hydroxylation is 1. The third-order valence-corrected chi connectivity index (χ3v) is 5.75. The van der Waals surface area contributed by atoms with E-state index in [-0.39, 0.29) is 0 Å². The quantitative estimate of drug-likeness (QED) is 0.782. The van der Waals surface area contributed by atoms with Crippen LogP contribution in [0.25, 0.3) is 0 Å². The second-order valence-corrected chi connectivity index (χ2v) is 7.11. The average Bonchev–Trinajstić information content (AvgIpc) is 3.30. The zero-order chi connectivity index (χ0) is 16.7. The van der Waals surface area contributed by atoms with E-state index in [2.05, 4.69) is 0 Å². The lowest BCUT2D eigenvalue weighted by Gasteiger charge is -2.26. The van der Waals surface area contributed by atoms with Crippen LogP contribution >= 0.6 is 0 Å². The number of hydrogen-bond donors (Lipinski definition) is 0. The number of epoxide rings is 1. The standard InChI is InChI=1S/C17H15F3O2S/c1-12-7-9-14(10-8-12)23(21)15(13-5-3-2-4-6-13)16(11-22-16)17(18,19)20/h2-10,15H,11H2,1H3/t15-,16-,23?/m1/s1. The van der Waals surface area contributed by atoms with E-state index in [1.165, 1.54) is 0 Å². The fraction of sp³-hybridized carbons (Fsp3) is 0.294. The molecule has 2 nitrogen and oxygen atoms in total. The molecule has 0 saturated carbocycles. The molecule has 23 heavy (non-hydrogen) atoms. The SMILES string of the molecule is Cc1ccc(S(=O)[C@H](c2ccccc2)[C@@]2(C(F)(F)F)CO2)cc1. The Morgan fingerprint density at radius 3 is 2.13 bits per heavy atom. The van der Waals surface area contributed by atoms with E-state index in [1.54, 1.807) is 54.6 Å². The Hall–Kier alpha value is -1.66. The smallest absolute Gasteiger partial charge is 0.358 e. The van der Waals surface area contributed by atoms with E-state index in [0.717, 1.165) is 5.56 Å². The van der Waals surface area contributed by atoms with Crippen LogP contribution < -0.4 is 0 Å². The van der Waals surface area contributed by atoms with Gasteiger partial charge in [-0.05, 0) is 24.6 Å². The zero-order valence-corrected chi connectivity index (χ0v) is 13.2. The predicted molar refractivity (Wildman–Crippen MR) is 81.5 cm³/mol. The Morgan fingerprint density at radius 2 is 1.65 bits per heavy atom. The van der Waals surface area contributed by atoms with Gasteiger partial charge in [0.05, 0.1) is 17.4 Å². The Bertz CT molecular complexity index is 707. The van der Waals surface area contributed by atoms with Crippen molar-refractivity contribution in [3.05, 3.63) is 65.7 Å². The normalized spacial score (nSPS) is 23.3. The number of ether oxygens (including phenoxy) is 1. The Morgan fingerprint density at radius 1 is 1.09 bits per heavy atom. The third kappa shape index (κ3) is 2.93. The highest BCUT2D eigenvalue weighted by Gasteiger charge is 2.71. The highest BCUT2D eigenvalue weighted by molar-refractivity contribution is 7.85. The summed E-state index contributed by atoms with van der Waals surface area (Å²) in [4.78, 5) is 0.364. The number of rotatable bonds is 4. The van der Waals surface area contributed by atoms with Crippen LogP contribution in [0, 0.1) is 6.92 Å². The maximum absolute atomic E-state index is 13.5. The fourth-order valence-corrected chi connectivity index (χ4v) is 4.24. The second kappa shape index (κ2) is 5.76. The van der Waals surface area contributed by atoms with Crippen molar-refractivity contribution in [1.82, 2.24) is 0 Å². The summed E-state index contributed by atoms with van der Waals surface area (Å²) >= 11 is 0. The average molecular weight is 340 g/mol. The van der Waals surface area contributed by atoms with Crippen LogP contribution in [0.5, 0.6) is 0 Å². The highest BCUT2D eigenvalue weighted by atomic mass is 32.2. The van der Waals surface area contributed by atoms with Crippen molar-refractivity contribution < 1.29 is 22.1 Å². The van der Waals surface area contributed by atoms with E-state index in [0.29, 0.717) is 10.5 Å². The lowest BCUT2D eigenvalue weighted by atomic mass is 9.99. The molecule has 1 unspecified atom stereocenters. The summed E-state index contributed by atoms with van der Waals surface area (Å²) in [6.45, 7) is 1.40. The molecule has 1 heterocycles. The summed E-state index contributed by atoms with van der Waals surface area (Å²) in [6.07, 6.45) is -4.58. The molecule has 0 aliphatic carbocycles. The molecule has 0 bridgehead atoms. The van der Waals surface area contributed by atoms with Crippen molar-refractivity contribution in [3.63, 3.8) is 0 Å². The molecule has 0 N–H and O–H groups in total. The maximum atomic E-state index is 13.5. The summed E-state index contributed by atoms with van der Waals surface area (Å²) in [7, 11) is -1.88. The summed E-state index contributed by atoms with van der Waals surface area (Å²) in [5.74, 6) is 0. The van der Waals surface area contributed by atoms with Crippen LogP contribution in [0.2, 0.25) is 0 Å². The molecule has 0 amide bonds. The van der Waals surface area contributed by atoms with Crippen LogP contribution in [0.15, 0.2) is 59.5 Å². The van der Waals surface area contributed by atoms with Gasteiger partial charge in [0.1, 0.15) is 5.25 Å². The fourth-order valence-electron chi connectivity index (χ4n) is 2.54. The second-order valence-electron chi connectivity index (χ2n) is 5.58. The molecule has 0 spiro atoms. The molecule has 1 aliphatic rings. The number of hydrogen-bond acceptors (Lipinski definition) is 2. The first-order valence-electron chi connectivity index (χ1n) is 7.08. The van der Waals surface area contributed by atoms with Crippen molar-refractivity contribution in [2.24, 2.45) is 0 Å². The molecular formula is C17H15F3O2S. The van der Waals surface area contributed by atoms with Crippen molar-refractivity contribution in [2.45, 2.75) is 28.8 Å². The van der Waals surface area contributed by atoms with Gasteiger partial charge in [-0.25, -0.2) is 0 Å². The summed E-state index contributed by atoms with van der Waals surface area (Å²) < 4.78 is 58.3. The minimum Gasteiger partial charge on any atom is -0.358 e. The van der Waals surface area contributed by atoms with Gasteiger partial charge >= 0.3 is 6.18 Å². The molecule has 2 aromatic rings. The molecule has 3 atom stereocenters. The Labute approximate surface area is 134 Å². The van der Waals surface area contributed by atoms with Gasteiger partial charge in [0.25, 0.3) is 0 Å². The topological polar surface area (TPSA) is 29.6 Å². The van der Waals surface area contributed by atoms with E-state index in [9.17, 15) is 17.4 Å². The van der Waals surface area contributed by atoms with Crippen LogP contribution in [0.4, 0.5) is 13.2 Å². The molecule has 1 aliphatic heterocycles. The third-order valence-electron chi connectivity index (χ3n) is 3.93. The van der Waals surface area contributed by atoms with Gasteiger partial charge < -0.3 is 4.74 Å². The Balaban J connectivity index is 2.06. The summed E-state index contributed by atoms with van der Waals surface area (Å²) in [5.41, 5.74) is -1.05. The van der Waals surface area contributed by atoms with Gasteiger partial charge in [0.2, 0.25) is 5.60 Å². The predicted octanol–water partition coefficient (Wildman–Crippen LogP) is 4.18. The first-order valence-corrected chi connectivity index (χ1v) is 8.29. The van der Waals surface area contributed by atoms with Gasteiger partial charge in [-0.1, -0.05) is 48.0 Å². The molecule has 1 fully saturated rings. The van der Waals surface area contributed by atoms with Gasteiger partial charge in [0, 0.05) is 4.90 Å². The minimum absolute atomic E-state index is 0.362. The van der Waals surface area contributed by atoms with Crippen LogP contribution in [0.3, 0.4) is 0 Å². The monoisotopic (exact) mass is 340 g/mol. The molecular weight excluding hydrogens is 325 g/mol. The number of benzene rings is 2. The molecule has 6 heteroatoms. The maximum Gasteiger partial charge on any atom is 0.421 e. The first-order chi connectivity index (χ1) is 10.8. The zero-order valence-electron chi connectivity index (χ0n) is 12.3. The Kier molecular flexibility index (Phi) is 4.06. The molecule has 2 aromatic carbocycles. The van der Waals surface area contributed by atoms with E-state index >= 15 is 0 Å².